The van der Waals surface area contributed by atoms with Gasteiger partial charge in [0, 0.05) is 24.5 Å². The smallest absolute Gasteiger partial charge is 0.269 e. The van der Waals surface area contributed by atoms with Gasteiger partial charge in [-0.2, -0.15) is 5.10 Å². The third kappa shape index (κ3) is 3.42. The van der Waals surface area contributed by atoms with Crippen molar-refractivity contribution in [3.05, 3.63) is 75.8 Å². The molecule has 6 heteroatoms. The van der Waals surface area contributed by atoms with Gasteiger partial charge in [0.2, 0.25) is 5.91 Å². The zero-order valence-corrected chi connectivity index (χ0v) is 14.1. The molecule has 0 saturated carbocycles. The van der Waals surface area contributed by atoms with E-state index in [4.69, 9.17) is 0 Å². The fraction of sp³-hybridized carbons (Fsp3) is 0.263. The third-order valence-corrected chi connectivity index (χ3v) is 4.20. The summed E-state index contributed by atoms with van der Waals surface area (Å²) in [6.07, 6.45) is 0.531. The molecule has 128 valence electrons. The van der Waals surface area contributed by atoms with Crippen molar-refractivity contribution in [2.24, 2.45) is 11.0 Å². The lowest BCUT2D eigenvalue weighted by molar-refractivity contribution is -0.384. The highest BCUT2D eigenvalue weighted by atomic mass is 16.6. The molecule has 0 aliphatic carbocycles. The number of carbonyl (C=O) groups excluding carboxylic acids is 1. The average Bonchev–Trinajstić information content (AvgIpc) is 3.07. The molecule has 1 heterocycles. The quantitative estimate of drug-likeness (QED) is 0.626. The molecule has 0 spiro atoms. The number of hydrazone groups is 1. The van der Waals surface area contributed by atoms with Crippen LogP contribution >= 0.6 is 0 Å². The highest BCUT2D eigenvalue weighted by Crippen LogP contribution is 2.35. The first-order chi connectivity index (χ1) is 12.0. The number of carbonyl (C=O) groups is 1. The highest BCUT2D eigenvalue weighted by Gasteiger charge is 2.34. The van der Waals surface area contributed by atoms with Gasteiger partial charge in [-0.3, -0.25) is 14.9 Å². The first kappa shape index (κ1) is 16.8. The summed E-state index contributed by atoms with van der Waals surface area (Å²) >= 11 is 0. The molecule has 2 aromatic rings. The predicted octanol–water partition coefficient (Wildman–Crippen LogP) is 3.93. The summed E-state index contributed by atoms with van der Waals surface area (Å²) in [7, 11) is 0. The van der Waals surface area contributed by atoms with Crippen LogP contribution in [0.4, 0.5) is 5.69 Å². The summed E-state index contributed by atoms with van der Waals surface area (Å²) in [6, 6.07) is 15.8. The maximum atomic E-state index is 12.6. The Bertz CT molecular complexity index is 831. The van der Waals surface area contributed by atoms with E-state index in [1.54, 1.807) is 6.07 Å². The minimum atomic E-state index is -0.425. The number of amides is 1. The monoisotopic (exact) mass is 337 g/mol. The van der Waals surface area contributed by atoms with Crippen LogP contribution in [0.2, 0.25) is 0 Å². The van der Waals surface area contributed by atoms with Gasteiger partial charge in [0.1, 0.15) is 0 Å². The topological polar surface area (TPSA) is 75.8 Å². The van der Waals surface area contributed by atoms with Crippen LogP contribution in [-0.4, -0.2) is 21.6 Å². The molecular formula is C19H19N3O3. The summed E-state index contributed by atoms with van der Waals surface area (Å²) in [4.78, 5) is 23.3. The lowest BCUT2D eigenvalue weighted by atomic mass is 9.97. The van der Waals surface area contributed by atoms with E-state index in [9.17, 15) is 14.9 Å². The normalized spacial score (nSPS) is 16.8. The Hall–Kier alpha value is -3.02. The van der Waals surface area contributed by atoms with Gasteiger partial charge in [-0.1, -0.05) is 56.3 Å². The van der Waals surface area contributed by atoms with Crippen LogP contribution in [0.15, 0.2) is 59.7 Å². The number of nitrogens with zero attached hydrogens (tertiary/aromatic N) is 3. The minimum absolute atomic E-state index is 0.0163. The average molecular weight is 337 g/mol. The number of nitro groups is 1. The molecule has 0 saturated heterocycles. The molecule has 0 bridgehead atoms. The maximum Gasteiger partial charge on any atom is 0.269 e. The second kappa shape index (κ2) is 6.84. The van der Waals surface area contributed by atoms with E-state index in [0.29, 0.717) is 6.42 Å². The van der Waals surface area contributed by atoms with Crippen LogP contribution in [0, 0.1) is 16.0 Å². The minimum Gasteiger partial charge on any atom is -0.273 e. The Kier molecular flexibility index (Phi) is 4.61. The summed E-state index contributed by atoms with van der Waals surface area (Å²) in [5.41, 5.74) is 2.50. The van der Waals surface area contributed by atoms with Crippen LogP contribution in [0.1, 0.15) is 37.4 Å². The first-order valence-electron chi connectivity index (χ1n) is 8.17. The summed E-state index contributed by atoms with van der Waals surface area (Å²) < 4.78 is 0. The Morgan fingerprint density at radius 3 is 2.56 bits per heavy atom. The second-order valence-corrected chi connectivity index (χ2v) is 6.32. The van der Waals surface area contributed by atoms with Crippen molar-refractivity contribution >= 4 is 17.3 Å². The van der Waals surface area contributed by atoms with Crippen molar-refractivity contribution in [1.29, 1.82) is 0 Å². The Morgan fingerprint density at radius 1 is 1.20 bits per heavy atom. The van der Waals surface area contributed by atoms with Crippen LogP contribution in [0.5, 0.6) is 0 Å². The van der Waals surface area contributed by atoms with Crippen molar-refractivity contribution in [1.82, 2.24) is 5.01 Å². The van der Waals surface area contributed by atoms with Gasteiger partial charge in [0.25, 0.3) is 5.69 Å². The number of benzene rings is 2. The van der Waals surface area contributed by atoms with Gasteiger partial charge in [-0.15, -0.1) is 0 Å². The molecule has 1 amide bonds. The predicted molar refractivity (Wildman–Crippen MR) is 95.1 cm³/mol. The molecular weight excluding hydrogens is 318 g/mol. The molecule has 0 fully saturated rings. The van der Waals surface area contributed by atoms with Gasteiger partial charge < -0.3 is 0 Å². The van der Waals surface area contributed by atoms with E-state index >= 15 is 0 Å². The zero-order valence-electron chi connectivity index (χ0n) is 14.1. The molecule has 0 radical (unpaired) electrons. The number of nitro benzene ring substituents is 1. The molecule has 6 nitrogen and oxygen atoms in total. The summed E-state index contributed by atoms with van der Waals surface area (Å²) in [5.74, 6) is -0.303. The molecule has 1 aliphatic heterocycles. The number of hydrogen-bond donors (Lipinski definition) is 0. The van der Waals surface area contributed by atoms with Crippen LogP contribution in [0.25, 0.3) is 0 Å². The lowest BCUT2D eigenvalue weighted by Gasteiger charge is -2.23. The van der Waals surface area contributed by atoms with Crippen LogP contribution in [0.3, 0.4) is 0 Å². The Labute approximate surface area is 145 Å². The Morgan fingerprint density at radius 2 is 1.92 bits per heavy atom. The van der Waals surface area contributed by atoms with E-state index in [-0.39, 0.29) is 23.6 Å². The molecule has 0 unspecified atom stereocenters. The van der Waals surface area contributed by atoms with E-state index < -0.39 is 4.92 Å². The van der Waals surface area contributed by atoms with Crippen LogP contribution < -0.4 is 0 Å². The van der Waals surface area contributed by atoms with Gasteiger partial charge in [-0.05, 0) is 11.1 Å². The van der Waals surface area contributed by atoms with E-state index in [1.165, 1.54) is 17.1 Å². The molecule has 1 aliphatic rings. The van der Waals surface area contributed by atoms with Gasteiger partial charge in [0.05, 0.1) is 16.7 Å². The van der Waals surface area contributed by atoms with Crippen molar-refractivity contribution in [3.8, 4) is 0 Å². The van der Waals surface area contributed by atoms with Crippen molar-refractivity contribution in [2.75, 3.05) is 0 Å². The lowest BCUT2D eigenvalue weighted by Crippen LogP contribution is -2.30. The summed E-state index contributed by atoms with van der Waals surface area (Å²) in [6.45, 7) is 3.64. The van der Waals surface area contributed by atoms with Crippen molar-refractivity contribution in [2.45, 2.75) is 26.3 Å². The fourth-order valence-electron chi connectivity index (χ4n) is 2.89. The second-order valence-electron chi connectivity index (χ2n) is 6.32. The number of hydrogen-bond acceptors (Lipinski definition) is 4. The number of rotatable bonds is 4. The Balaban J connectivity index is 1.99. The largest absolute Gasteiger partial charge is 0.273 e. The van der Waals surface area contributed by atoms with Crippen molar-refractivity contribution < 1.29 is 9.72 Å². The van der Waals surface area contributed by atoms with Gasteiger partial charge >= 0.3 is 0 Å². The van der Waals surface area contributed by atoms with Gasteiger partial charge in [-0.25, -0.2) is 5.01 Å². The summed E-state index contributed by atoms with van der Waals surface area (Å²) in [5, 5.41) is 17.1. The third-order valence-electron chi connectivity index (χ3n) is 4.20. The number of non-ortho nitro benzene ring substituents is 1. The zero-order chi connectivity index (χ0) is 18.0. The van der Waals surface area contributed by atoms with Gasteiger partial charge in [0.15, 0.2) is 0 Å². The molecule has 25 heavy (non-hydrogen) atoms. The van der Waals surface area contributed by atoms with E-state index in [1.807, 2.05) is 50.2 Å². The fourth-order valence-corrected chi connectivity index (χ4v) is 2.89. The maximum absolute atomic E-state index is 12.6. The van der Waals surface area contributed by atoms with E-state index in [0.717, 1.165) is 16.8 Å². The van der Waals surface area contributed by atoms with E-state index in [2.05, 4.69) is 5.10 Å². The first-order valence-corrected chi connectivity index (χ1v) is 8.17. The molecule has 3 rings (SSSR count). The molecule has 0 aromatic heterocycles. The molecule has 2 aromatic carbocycles. The standard InChI is InChI=1S/C19H19N3O3/c1-13(2)19(23)21-18(15-9-6-10-16(11-15)22(24)25)12-17(20-21)14-7-4-3-5-8-14/h3-11,13,18H,12H2,1-2H3/t18-/m1/s1. The highest BCUT2D eigenvalue weighted by molar-refractivity contribution is 6.03. The SMILES string of the molecule is CC(C)C(=O)N1N=C(c2ccccc2)C[C@@H]1c1cccc([N+](=O)[O-])c1. The molecule has 1 atom stereocenters. The van der Waals surface area contributed by atoms with Crippen molar-refractivity contribution in [3.63, 3.8) is 0 Å². The molecule has 0 N–H and O–H groups in total. The van der Waals surface area contributed by atoms with Crippen LogP contribution in [-0.2, 0) is 4.79 Å².